The summed E-state index contributed by atoms with van der Waals surface area (Å²) in [5, 5.41) is 5.83. The second kappa shape index (κ2) is 7.80. The summed E-state index contributed by atoms with van der Waals surface area (Å²) in [6.45, 7) is 0. The van der Waals surface area contributed by atoms with E-state index in [0.29, 0.717) is 22.7 Å². The third-order valence-electron chi connectivity index (χ3n) is 5.27. The monoisotopic (exact) mass is 386 g/mol. The number of carbonyl (C=O) groups is 2. The molecule has 2 amide bonds. The van der Waals surface area contributed by atoms with Crippen LogP contribution in [0.25, 0.3) is 0 Å². The number of nitrogens with one attached hydrogen (secondary N) is 2. The SMILES string of the molecule is COc1ccccc1NC(=O)c1ccc(NC(=O)C2(c3ccccc3)CC2)cc1. The van der Waals surface area contributed by atoms with Crippen LogP contribution in [0.2, 0.25) is 0 Å². The summed E-state index contributed by atoms with van der Waals surface area (Å²) >= 11 is 0. The highest BCUT2D eigenvalue weighted by atomic mass is 16.5. The largest absolute Gasteiger partial charge is 0.495 e. The lowest BCUT2D eigenvalue weighted by Gasteiger charge is -2.16. The molecule has 146 valence electrons. The first-order valence-corrected chi connectivity index (χ1v) is 9.54. The molecule has 1 aliphatic carbocycles. The normalized spacial score (nSPS) is 14.0. The molecule has 0 saturated heterocycles. The van der Waals surface area contributed by atoms with Gasteiger partial charge in [-0.2, -0.15) is 0 Å². The average Bonchev–Trinajstić information content (AvgIpc) is 3.57. The van der Waals surface area contributed by atoms with Gasteiger partial charge in [-0.05, 0) is 54.8 Å². The molecule has 0 heterocycles. The Morgan fingerprint density at radius 2 is 1.48 bits per heavy atom. The predicted molar refractivity (Wildman–Crippen MR) is 113 cm³/mol. The first-order chi connectivity index (χ1) is 14.1. The topological polar surface area (TPSA) is 67.4 Å². The second-order valence-corrected chi connectivity index (χ2v) is 7.13. The number of rotatable bonds is 6. The molecule has 0 spiro atoms. The van der Waals surface area contributed by atoms with Gasteiger partial charge in [0.15, 0.2) is 0 Å². The standard InChI is InChI=1S/C24H22N2O3/c1-29-21-10-6-5-9-20(21)26-22(27)17-11-13-19(14-12-17)25-23(28)24(15-16-24)18-7-3-2-4-8-18/h2-14H,15-16H2,1H3,(H,25,28)(H,26,27). The fraction of sp³-hybridized carbons (Fsp3) is 0.167. The van der Waals surface area contributed by atoms with Crippen molar-refractivity contribution in [1.29, 1.82) is 0 Å². The number of amides is 2. The molecule has 0 aromatic heterocycles. The third-order valence-corrected chi connectivity index (χ3v) is 5.27. The quantitative estimate of drug-likeness (QED) is 0.650. The summed E-state index contributed by atoms with van der Waals surface area (Å²) in [5.74, 6) is 0.352. The number of hydrogen-bond donors (Lipinski definition) is 2. The van der Waals surface area contributed by atoms with Crippen molar-refractivity contribution in [2.75, 3.05) is 17.7 Å². The van der Waals surface area contributed by atoms with Gasteiger partial charge in [0.25, 0.3) is 5.91 Å². The molecule has 0 bridgehead atoms. The van der Waals surface area contributed by atoms with Crippen LogP contribution in [0.1, 0.15) is 28.8 Å². The summed E-state index contributed by atoms with van der Waals surface area (Å²) in [5.41, 5.74) is 2.40. The van der Waals surface area contributed by atoms with Crippen LogP contribution in [0.5, 0.6) is 5.75 Å². The van der Waals surface area contributed by atoms with Crippen LogP contribution in [-0.4, -0.2) is 18.9 Å². The number of carbonyl (C=O) groups excluding carboxylic acids is 2. The minimum absolute atomic E-state index is 0.00470. The maximum absolute atomic E-state index is 12.8. The Morgan fingerprint density at radius 1 is 0.828 bits per heavy atom. The number of anilines is 2. The Balaban J connectivity index is 1.43. The highest BCUT2D eigenvalue weighted by Crippen LogP contribution is 2.48. The summed E-state index contributed by atoms with van der Waals surface area (Å²) in [4.78, 5) is 25.3. The maximum atomic E-state index is 12.8. The Bertz CT molecular complexity index is 1030. The third kappa shape index (κ3) is 3.85. The molecule has 29 heavy (non-hydrogen) atoms. The smallest absolute Gasteiger partial charge is 0.255 e. The van der Waals surface area contributed by atoms with Crippen molar-refractivity contribution in [2.24, 2.45) is 0 Å². The van der Waals surface area contributed by atoms with E-state index in [1.165, 1.54) is 0 Å². The van der Waals surface area contributed by atoms with Gasteiger partial charge in [0.1, 0.15) is 5.75 Å². The van der Waals surface area contributed by atoms with Gasteiger partial charge in [-0.15, -0.1) is 0 Å². The lowest BCUT2D eigenvalue weighted by molar-refractivity contribution is -0.118. The van der Waals surface area contributed by atoms with E-state index in [9.17, 15) is 9.59 Å². The fourth-order valence-electron chi connectivity index (χ4n) is 3.43. The predicted octanol–water partition coefficient (Wildman–Crippen LogP) is 4.62. The van der Waals surface area contributed by atoms with Gasteiger partial charge in [0.05, 0.1) is 18.2 Å². The van der Waals surface area contributed by atoms with Gasteiger partial charge in [0, 0.05) is 11.3 Å². The van der Waals surface area contributed by atoms with E-state index in [0.717, 1.165) is 18.4 Å². The van der Waals surface area contributed by atoms with E-state index in [2.05, 4.69) is 10.6 Å². The zero-order valence-corrected chi connectivity index (χ0v) is 16.1. The van der Waals surface area contributed by atoms with Crippen LogP contribution in [0.3, 0.4) is 0 Å². The van der Waals surface area contributed by atoms with Gasteiger partial charge in [0.2, 0.25) is 5.91 Å². The van der Waals surface area contributed by atoms with Crippen LogP contribution in [0.4, 0.5) is 11.4 Å². The summed E-state index contributed by atoms with van der Waals surface area (Å²) in [6.07, 6.45) is 1.70. The Labute approximate surface area is 169 Å². The number of para-hydroxylation sites is 2. The van der Waals surface area contributed by atoms with Crippen molar-refractivity contribution in [2.45, 2.75) is 18.3 Å². The van der Waals surface area contributed by atoms with Crippen LogP contribution in [0, 0.1) is 0 Å². The molecule has 1 fully saturated rings. The fourth-order valence-corrected chi connectivity index (χ4v) is 3.43. The number of hydrogen-bond acceptors (Lipinski definition) is 3. The Morgan fingerprint density at radius 3 is 2.14 bits per heavy atom. The molecule has 0 radical (unpaired) electrons. The molecular formula is C24H22N2O3. The van der Waals surface area contributed by atoms with Crippen molar-refractivity contribution < 1.29 is 14.3 Å². The molecule has 2 N–H and O–H groups in total. The Kier molecular flexibility index (Phi) is 5.04. The molecule has 3 aromatic carbocycles. The second-order valence-electron chi connectivity index (χ2n) is 7.13. The molecule has 5 heteroatoms. The van der Waals surface area contributed by atoms with Gasteiger partial charge in [-0.1, -0.05) is 42.5 Å². The van der Waals surface area contributed by atoms with Gasteiger partial charge in [-0.25, -0.2) is 0 Å². The number of ether oxygens (including phenoxy) is 1. The highest BCUT2D eigenvalue weighted by Gasteiger charge is 2.51. The van der Waals surface area contributed by atoms with Crippen LogP contribution < -0.4 is 15.4 Å². The van der Waals surface area contributed by atoms with E-state index in [1.54, 1.807) is 43.5 Å². The number of benzene rings is 3. The molecule has 0 aliphatic heterocycles. The van der Waals surface area contributed by atoms with E-state index >= 15 is 0 Å². The Hall–Kier alpha value is -3.60. The van der Waals surface area contributed by atoms with Crippen molar-refractivity contribution in [3.8, 4) is 5.75 Å². The van der Waals surface area contributed by atoms with E-state index in [-0.39, 0.29) is 11.8 Å². The van der Waals surface area contributed by atoms with Crippen LogP contribution >= 0.6 is 0 Å². The van der Waals surface area contributed by atoms with Gasteiger partial charge < -0.3 is 15.4 Å². The van der Waals surface area contributed by atoms with Crippen molar-refractivity contribution >= 4 is 23.2 Å². The van der Waals surface area contributed by atoms with Crippen molar-refractivity contribution in [1.82, 2.24) is 0 Å². The number of methoxy groups -OCH3 is 1. The molecular weight excluding hydrogens is 364 g/mol. The average molecular weight is 386 g/mol. The van der Waals surface area contributed by atoms with Crippen LogP contribution in [0.15, 0.2) is 78.9 Å². The van der Waals surface area contributed by atoms with E-state index in [4.69, 9.17) is 4.74 Å². The summed E-state index contributed by atoms with van der Waals surface area (Å²) in [6, 6.07) is 24.0. The van der Waals surface area contributed by atoms with Gasteiger partial charge >= 0.3 is 0 Å². The maximum Gasteiger partial charge on any atom is 0.255 e. The zero-order valence-electron chi connectivity index (χ0n) is 16.1. The molecule has 0 atom stereocenters. The first kappa shape index (κ1) is 18.7. The highest BCUT2D eigenvalue weighted by molar-refractivity contribution is 6.06. The molecule has 1 saturated carbocycles. The minimum atomic E-state index is -0.429. The van der Waals surface area contributed by atoms with Crippen molar-refractivity contribution in [3.05, 3.63) is 90.0 Å². The van der Waals surface area contributed by atoms with Crippen molar-refractivity contribution in [3.63, 3.8) is 0 Å². The molecule has 3 aromatic rings. The molecule has 5 nitrogen and oxygen atoms in total. The van der Waals surface area contributed by atoms with Crippen LogP contribution in [-0.2, 0) is 10.2 Å². The lowest BCUT2D eigenvalue weighted by Crippen LogP contribution is -2.27. The molecule has 0 unspecified atom stereocenters. The molecule has 1 aliphatic rings. The zero-order chi connectivity index (χ0) is 20.3. The minimum Gasteiger partial charge on any atom is -0.495 e. The summed E-state index contributed by atoms with van der Waals surface area (Å²) < 4.78 is 5.26. The van der Waals surface area contributed by atoms with Gasteiger partial charge in [-0.3, -0.25) is 9.59 Å². The molecule has 4 rings (SSSR count). The van der Waals surface area contributed by atoms with E-state index < -0.39 is 5.41 Å². The summed E-state index contributed by atoms with van der Waals surface area (Å²) in [7, 11) is 1.56. The lowest BCUT2D eigenvalue weighted by atomic mass is 9.95. The van der Waals surface area contributed by atoms with E-state index in [1.807, 2.05) is 42.5 Å². The first-order valence-electron chi connectivity index (χ1n) is 9.54.